The molecule has 0 aliphatic heterocycles. The van der Waals surface area contributed by atoms with E-state index in [-0.39, 0.29) is 6.61 Å². The van der Waals surface area contributed by atoms with Gasteiger partial charge in [-0.25, -0.2) is 0 Å². The number of aliphatic hydroxyl groups excluding tert-OH is 1. The van der Waals surface area contributed by atoms with E-state index in [9.17, 15) is 0 Å². The average Bonchev–Trinajstić information content (AvgIpc) is 2.04. The summed E-state index contributed by atoms with van der Waals surface area (Å²) in [7, 11) is 0. The lowest BCUT2D eigenvalue weighted by atomic mass is 10.3. The van der Waals surface area contributed by atoms with Crippen molar-refractivity contribution in [2.24, 2.45) is 0 Å². The first-order chi connectivity index (χ1) is 5.75. The Labute approximate surface area is 79.7 Å². The number of nitrogens with two attached hydrogens (primary N) is 1. The quantitative estimate of drug-likeness (QED) is 0.690. The number of hydrogen-bond donors (Lipinski definition) is 3. The standard InChI is InChI=1S/C8H11BrN2O/c9-6-2-1-3-7(10)8(6)11-4-5-12/h1-3,11-12H,4-5,10H2. The van der Waals surface area contributed by atoms with Crippen molar-refractivity contribution in [2.75, 3.05) is 24.2 Å². The van der Waals surface area contributed by atoms with Gasteiger partial charge in [0.15, 0.2) is 0 Å². The van der Waals surface area contributed by atoms with Gasteiger partial charge in [0, 0.05) is 11.0 Å². The van der Waals surface area contributed by atoms with Gasteiger partial charge < -0.3 is 16.2 Å². The molecule has 12 heavy (non-hydrogen) atoms. The lowest BCUT2D eigenvalue weighted by Crippen LogP contribution is -2.07. The van der Waals surface area contributed by atoms with Crippen LogP contribution in [-0.4, -0.2) is 18.3 Å². The van der Waals surface area contributed by atoms with Gasteiger partial charge in [-0.05, 0) is 28.1 Å². The molecule has 4 heteroatoms. The molecule has 0 aliphatic rings. The summed E-state index contributed by atoms with van der Waals surface area (Å²) in [6, 6.07) is 5.57. The predicted octanol–water partition coefficient (Wildman–Crippen LogP) is 1.44. The summed E-state index contributed by atoms with van der Waals surface area (Å²) < 4.78 is 0.913. The molecule has 1 aromatic carbocycles. The molecule has 0 heterocycles. The zero-order valence-corrected chi connectivity index (χ0v) is 8.13. The topological polar surface area (TPSA) is 58.3 Å². The fourth-order valence-corrected chi connectivity index (χ4v) is 1.43. The Bertz CT molecular complexity index is 245. The van der Waals surface area contributed by atoms with Crippen LogP contribution in [-0.2, 0) is 0 Å². The van der Waals surface area contributed by atoms with Crippen molar-refractivity contribution in [3.05, 3.63) is 22.7 Å². The van der Waals surface area contributed by atoms with Crippen LogP contribution in [0.2, 0.25) is 0 Å². The van der Waals surface area contributed by atoms with E-state index in [0.717, 1.165) is 10.2 Å². The molecular formula is C8H11BrN2O. The lowest BCUT2D eigenvalue weighted by Gasteiger charge is -2.09. The third kappa shape index (κ3) is 2.12. The number of benzene rings is 1. The smallest absolute Gasteiger partial charge is 0.0719 e. The van der Waals surface area contributed by atoms with Crippen LogP contribution >= 0.6 is 15.9 Å². The van der Waals surface area contributed by atoms with E-state index in [1.165, 1.54) is 0 Å². The van der Waals surface area contributed by atoms with E-state index in [1.54, 1.807) is 0 Å². The Morgan fingerprint density at radius 2 is 2.25 bits per heavy atom. The average molecular weight is 231 g/mol. The summed E-state index contributed by atoms with van der Waals surface area (Å²) in [5, 5.41) is 11.6. The Balaban J connectivity index is 2.81. The molecule has 0 unspecified atom stereocenters. The van der Waals surface area contributed by atoms with E-state index >= 15 is 0 Å². The zero-order valence-electron chi connectivity index (χ0n) is 6.55. The summed E-state index contributed by atoms with van der Waals surface area (Å²) in [5.74, 6) is 0. The Morgan fingerprint density at radius 1 is 1.50 bits per heavy atom. The molecule has 0 saturated heterocycles. The van der Waals surface area contributed by atoms with Crippen molar-refractivity contribution in [3.63, 3.8) is 0 Å². The second-order valence-corrected chi connectivity index (χ2v) is 3.21. The number of nitrogen functional groups attached to an aromatic ring is 1. The number of hydrogen-bond acceptors (Lipinski definition) is 3. The molecule has 0 aromatic heterocycles. The molecular weight excluding hydrogens is 220 g/mol. The molecule has 0 bridgehead atoms. The molecule has 1 rings (SSSR count). The molecule has 1 aromatic rings. The predicted molar refractivity (Wildman–Crippen MR) is 54.1 cm³/mol. The van der Waals surface area contributed by atoms with Crippen LogP contribution in [0.5, 0.6) is 0 Å². The molecule has 0 aliphatic carbocycles. The van der Waals surface area contributed by atoms with E-state index in [0.29, 0.717) is 12.2 Å². The highest BCUT2D eigenvalue weighted by atomic mass is 79.9. The molecule has 0 amide bonds. The minimum absolute atomic E-state index is 0.0980. The fourth-order valence-electron chi connectivity index (χ4n) is 0.908. The largest absolute Gasteiger partial charge is 0.397 e. The van der Waals surface area contributed by atoms with Crippen LogP contribution in [0.15, 0.2) is 22.7 Å². The van der Waals surface area contributed by atoms with Gasteiger partial charge in [-0.3, -0.25) is 0 Å². The molecule has 0 spiro atoms. The van der Waals surface area contributed by atoms with E-state index in [2.05, 4.69) is 21.2 Å². The Hall–Kier alpha value is -0.740. The maximum Gasteiger partial charge on any atom is 0.0719 e. The number of para-hydroxylation sites is 1. The van der Waals surface area contributed by atoms with Crippen molar-refractivity contribution in [1.82, 2.24) is 0 Å². The van der Waals surface area contributed by atoms with Gasteiger partial charge >= 0.3 is 0 Å². The van der Waals surface area contributed by atoms with Crippen molar-refractivity contribution in [1.29, 1.82) is 0 Å². The number of aliphatic hydroxyl groups is 1. The van der Waals surface area contributed by atoms with E-state index in [1.807, 2.05) is 18.2 Å². The van der Waals surface area contributed by atoms with Crippen LogP contribution in [0.1, 0.15) is 0 Å². The van der Waals surface area contributed by atoms with Crippen molar-refractivity contribution >= 4 is 27.3 Å². The normalized spacial score (nSPS) is 9.83. The Morgan fingerprint density at radius 3 is 2.83 bits per heavy atom. The van der Waals surface area contributed by atoms with Crippen LogP contribution in [0, 0.1) is 0 Å². The third-order valence-corrected chi connectivity index (χ3v) is 2.12. The summed E-state index contributed by atoms with van der Waals surface area (Å²) in [6.07, 6.45) is 0. The first-order valence-corrected chi connectivity index (χ1v) is 4.43. The highest BCUT2D eigenvalue weighted by molar-refractivity contribution is 9.10. The SMILES string of the molecule is Nc1cccc(Br)c1NCCO. The summed E-state index contributed by atoms with van der Waals surface area (Å²) in [5.41, 5.74) is 7.21. The third-order valence-electron chi connectivity index (χ3n) is 1.46. The van der Waals surface area contributed by atoms with E-state index < -0.39 is 0 Å². The number of halogens is 1. The van der Waals surface area contributed by atoms with Crippen LogP contribution in [0.3, 0.4) is 0 Å². The molecule has 0 atom stereocenters. The van der Waals surface area contributed by atoms with Gasteiger partial charge in [0.05, 0.1) is 18.0 Å². The zero-order chi connectivity index (χ0) is 8.97. The van der Waals surface area contributed by atoms with Crippen LogP contribution in [0.4, 0.5) is 11.4 Å². The number of rotatable bonds is 3. The van der Waals surface area contributed by atoms with Crippen LogP contribution < -0.4 is 11.1 Å². The van der Waals surface area contributed by atoms with Crippen molar-refractivity contribution in [2.45, 2.75) is 0 Å². The van der Waals surface area contributed by atoms with Crippen LogP contribution in [0.25, 0.3) is 0 Å². The molecule has 66 valence electrons. The second kappa shape index (κ2) is 4.33. The van der Waals surface area contributed by atoms with Gasteiger partial charge in [0.25, 0.3) is 0 Å². The second-order valence-electron chi connectivity index (χ2n) is 2.35. The van der Waals surface area contributed by atoms with Crippen molar-refractivity contribution in [3.8, 4) is 0 Å². The molecule has 3 nitrogen and oxygen atoms in total. The van der Waals surface area contributed by atoms with Gasteiger partial charge in [-0.15, -0.1) is 0 Å². The van der Waals surface area contributed by atoms with Gasteiger partial charge in [0.2, 0.25) is 0 Å². The first-order valence-electron chi connectivity index (χ1n) is 3.64. The summed E-state index contributed by atoms with van der Waals surface area (Å²) >= 11 is 3.35. The molecule has 4 N–H and O–H groups in total. The lowest BCUT2D eigenvalue weighted by molar-refractivity contribution is 0.311. The summed E-state index contributed by atoms with van der Waals surface area (Å²) in [4.78, 5) is 0. The monoisotopic (exact) mass is 230 g/mol. The molecule has 0 fully saturated rings. The van der Waals surface area contributed by atoms with Crippen molar-refractivity contribution < 1.29 is 5.11 Å². The maximum absolute atomic E-state index is 8.59. The number of nitrogens with one attached hydrogen (secondary N) is 1. The summed E-state index contributed by atoms with van der Waals surface area (Å²) in [6.45, 7) is 0.605. The molecule has 0 saturated carbocycles. The Kier molecular flexibility index (Phi) is 3.37. The first kappa shape index (κ1) is 9.35. The van der Waals surface area contributed by atoms with Gasteiger partial charge in [-0.2, -0.15) is 0 Å². The molecule has 0 radical (unpaired) electrons. The minimum Gasteiger partial charge on any atom is -0.397 e. The van der Waals surface area contributed by atoms with E-state index in [4.69, 9.17) is 10.8 Å². The number of anilines is 2. The highest BCUT2D eigenvalue weighted by Gasteiger charge is 2.01. The fraction of sp³-hybridized carbons (Fsp3) is 0.250. The minimum atomic E-state index is 0.0980. The van der Waals surface area contributed by atoms with Gasteiger partial charge in [-0.1, -0.05) is 6.07 Å². The maximum atomic E-state index is 8.59. The van der Waals surface area contributed by atoms with Gasteiger partial charge in [0.1, 0.15) is 0 Å². The highest BCUT2D eigenvalue weighted by Crippen LogP contribution is 2.27.